The maximum Gasteiger partial charge on any atom is 0.416 e. The third-order valence-electron chi connectivity index (χ3n) is 3.74. The number of carbonyl (C=O) groups excluding carboxylic acids is 1. The molecule has 0 bridgehead atoms. The molecular formula is C17H14F3N3O. The highest BCUT2D eigenvalue weighted by molar-refractivity contribution is 6.09. The van der Waals surface area contributed by atoms with Gasteiger partial charge in [-0.3, -0.25) is 14.8 Å². The van der Waals surface area contributed by atoms with Crippen molar-refractivity contribution in [3.05, 3.63) is 53.3 Å². The van der Waals surface area contributed by atoms with Crippen LogP contribution in [0.4, 0.5) is 24.5 Å². The molecule has 0 saturated carbocycles. The van der Waals surface area contributed by atoms with E-state index in [1.165, 1.54) is 19.2 Å². The minimum Gasteiger partial charge on any atom is -0.324 e. The molecule has 1 amide bonds. The molecule has 2 heterocycles. The number of benzene rings is 1. The number of nitrogens with one attached hydrogen (secondary N) is 1. The smallest absolute Gasteiger partial charge is 0.324 e. The molecule has 1 aliphatic rings. The van der Waals surface area contributed by atoms with Gasteiger partial charge in [-0.25, -0.2) is 0 Å². The second-order valence-corrected chi connectivity index (χ2v) is 5.50. The second-order valence-electron chi connectivity index (χ2n) is 5.50. The fourth-order valence-corrected chi connectivity index (χ4v) is 2.64. The molecule has 124 valence electrons. The van der Waals surface area contributed by atoms with Gasteiger partial charge in [0.2, 0.25) is 5.91 Å². The van der Waals surface area contributed by atoms with Gasteiger partial charge in [-0.1, -0.05) is 6.07 Å². The summed E-state index contributed by atoms with van der Waals surface area (Å²) in [6.45, 7) is 1.38. The summed E-state index contributed by atoms with van der Waals surface area (Å²) < 4.78 is 38.6. The number of fused-ring (bicyclic) bond motifs is 1. The predicted octanol–water partition coefficient (Wildman–Crippen LogP) is 4.13. The number of aryl methyl sites for hydroxylation is 1. The lowest BCUT2D eigenvalue weighted by atomic mass is 9.96. The SMILES string of the molecule is CC(=O)Nc1cnccc1C1=Nc2cc(C(F)(F)F)ccc2CC1. The van der Waals surface area contributed by atoms with E-state index >= 15 is 0 Å². The first kappa shape index (κ1) is 16.2. The van der Waals surface area contributed by atoms with Crippen molar-refractivity contribution in [3.63, 3.8) is 0 Å². The number of amides is 1. The quantitative estimate of drug-likeness (QED) is 0.898. The number of pyridine rings is 1. The summed E-state index contributed by atoms with van der Waals surface area (Å²) in [6, 6.07) is 5.31. The van der Waals surface area contributed by atoms with Crippen LogP contribution in [0.15, 0.2) is 41.7 Å². The van der Waals surface area contributed by atoms with Gasteiger partial charge in [0.1, 0.15) is 0 Å². The number of carbonyl (C=O) groups is 1. The normalized spacial score (nSPS) is 13.9. The third kappa shape index (κ3) is 3.29. The molecule has 0 fully saturated rings. The summed E-state index contributed by atoms with van der Waals surface area (Å²) in [6.07, 6.45) is -0.172. The number of halogens is 3. The van der Waals surface area contributed by atoms with Gasteiger partial charge < -0.3 is 5.32 Å². The van der Waals surface area contributed by atoms with Gasteiger partial charge in [-0.05, 0) is 36.6 Å². The molecule has 2 aromatic rings. The van der Waals surface area contributed by atoms with E-state index in [9.17, 15) is 18.0 Å². The predicted molar refractivity (Wildman–Crippen MR) is 84.5 cm³/mol. The van der Waals surface area contributed by atoms with E-state index in [0.29, 0.717) is 35.5 Å². The molecule has 1 N–H and O–H groups in total. The topological polar surface area (TPSA) is 54.4 Å². The number of anilines is 1. The molecule has 0 aliphatic carbocycles. The molecule has 24 heavy (non-hydrogen) atoms. The van der Waals surface area contributed by atoms with Crippen molar-refractivity contribution < 1.29 is 18.0 Å². The molecule has 0 atom stereocenters. The van der Waals surface area contributed by atoms with Gasteiger partial charge in [0.05, 0.1) is 28.8 Å². The summed E-state index contributed by atoms with van der Waals surface area (Å²) in [4.78, 5) is 19.7. The standard InChI is InChI=1S/C17H14F3N3O/c1-10(24)22-16-9-21-7-6-13(16)14-5-3-11-2-4-12(17(18,19)20)8-15(11)23-14/h2,4,6-9H,3,5H2,1H3,(H,22,24). The first-order valence-electron chi connectivity index (χ1n) is 7.34. The zero-order chi connectivity index (χ0) is 17.3. The minimum atomic E-state index is -4.40. The summed E-state index contributed by atoms with van der Waals surface area (Å²) in [5, 5.41) is 2.67. The van der Waals surface area contributed by atoms with Crippen LogP contribution in [0.5, 0.6) is 0 Å². The van der Waals surface area contributed by atoms with Crippen molar-refractivity contribution >= 4 is 23.0 Å². The Hall–Kier alpha value is -2.70. The van der Waals surface area contributed by atoms with E-state index in [4.69, 9.17) is 0 Å². The summed E-state index contributed by atoms with van der Waals surface area (Å²) >= 11 is 0. The highest BCUT2D eigenvalue weighted by Gasteiger charge is 2.31. The Balaban J connectivity index is 2.04. The van der Waals surface area contributed by atoms with Crippen LogP contribution in [-0.2, 0) is 17.4 Å². The molecule has 4 nitrogen and oxygen atoms in total. The van der Waals surface area contributed by atoms with Crippen molar-refractivity contribution in [1.82, 2.24) is 4.98 Å². The van der Waals surface area contributed by atoms with Gasteiger partial charge in [0.15, 0.2) is 0 Å². The Morgan fingerprint density at radius 3 is 2.71 bits per heavy atom. The Morgan fingerprint density at radius 2 is 2.00 bits per heavy atom. The first-order valence-corrected chi connectivity index (χ1v) is 7.34. The Bertz CT molecular complexity index is 828. The van der Waals surface area contributed by atoms with E-state index in [0.717, 1.165) is 17.7 Å². The highest BCUT2D eigenvalue weighted by Crippen LogP contribution is 2.36. The third-order valence-corrected chi connectivity index (χ3v) is 3.74. The molecule has 1 aliphatic heterocycles. The van der Waals surface area contributed by atoms with Crippen LogP contribution in [-0.4, -0.2) is 16.6 Å². The van der Waals surface area contributed by atoms with Crippen LogP contribution in [0, 0.1) is 0 Å². The van der Waals surface area contributed by atoms with Crippen LogP contribution >= 0.6 is 0 Å². The van der Waals surface area contributed by atoms with Crippen molar-refractivity contribution in [2.75, 3.05) is 5.32 Å². The summed E-state index contributed by atoms with van der Waals surface area (Å²) in [5.41, 5.74) is 2.18. The van der Waals surface area contributed by atoms with E-state index in [1.807, 2.05) is 0 Å². The van der Waals surface area contributed by atoms with Crippen molar-refractivity contribution in [2.24, 2.45) is 4.99 Å². The number of hydrogen-bond acceptors (Lipinski definition) is 3. The average molecular weight is 333 g/mol. The summed E-state index contributed by atoms with van der Waals surface area (Å²) in [7, 11) is 0. The molecule has 0 spiro atoms. The monoisotopic (exact) mass is 333 g/mol. The number of aromatic nitrogens is 1. The average Bonchev–Trinajstić information content (AvgIpc) is 2.53. The van der Waals surface area contributed by atoms with Gasteiger partial charge in [-0.15, -0.1) is 0 Å². The number of hydrogen-bond donors (Lipinski definition) is 1. The van der Waals surface area contributed by atoms with Crippen LogP contribution in [0.3, 0.4) is 0 Å². The molecule has 0 radical (unpaired) electrons. The van der Waals surface area contributed by atoms with Gasteiger partial charge in [0, 0.05) is 18.7 Å². The van der Waals surface area contributed by atoms with E-state index < -0.39 is 11.7 Å². The van der Waals surface area contributed by atoms with Crippen molar-refractivity contribution in [3.8, 4) is 0 Å². The maximum absolute atomic E-state index is 12.9. The largest absolute Gasteiger partial charge is 0.416 e. The fraction of sp³-hybridized carbons (Fsp3) is 0.235. The van der Waals surface area contributed by atoms with Gasteiger partial charge in [-0.2, -0.15) is 13.2 Å². The lowest BCUT2D eigenvalue weighted by Gasteiger charge is -2.19. The van der Waals surface area contributed by atoms with E-state index in [2.05, 4.69) is 15.3 Å². The minimum absolute atomic E-state index is 0.250. The van der Waals surface area contributed by atoms with Gasteiger partial charge in [0.25, 0.3) is 0 Å². The van der Waals surface area contributed by atoms with Crippen LogP contribution in [0.1, 0.15) is 30.0 Å². The molecule has 3 rings (SSSR count). The van der Waals surface area contributed by atoms with E-state index in [-0.39, 0.29) is 5.91 Å². The highest BCUT2D eigenvalue weighted by atomic mass is 19.4. The van der Waals surface area contributed by atoms with E-state index in [1.54, 1.807) is 12.3 Å². The lowest BCUT2D eigenvalue weighted by Crippen LogP contribution is -2.14. The molecule has 0 saturated heterocycles. The number of alkyl halides is 3. The van der Waals surface area contributed by atoms with Crippen molar-refractivity contribution in [2.45, 2.75) is 25.9 Å². The molecule has 1 aromatic heterocycles. The molecule has 7 heteroatoms. The zero-order valence-electron chi connectivity index (χ0n) is 12.8. The fourth-order valence-electron chi connectivity index (χ4n) is 2.64. The van der Waals surface area contributed by atoms with Crippen LogP contribution < -0.4 is 5.32 Å². The maximum atomic E-state index is 12.9. The lowest BCUT2D eigenvalue weighted by molar-refractivity contribution is -0.137. The number of aliphatic imine (C=N–C) groups is 1. The summed E-state index contributed by atoms with van der Waals surface area (Å²) in [5.74, 6) is -0.250. The van der Waals surface area contributed by atoms with Crippen molar-refractivity contribution in [1.29, 1.82) is 0 Å². The molecular weight excluding hydrogens is 319 g/mol. The van der Waals surface area contributed by atoms with Gasteiger partial charge >= 0.3 is 6.18 Å². The molecule has 1 aromatic carbocycles. The molecule has 0 unspecified atom stereocenters. The number of nitrogens with zero attached hydrogens (tertiary/aromatic N) is 2. The second kappa shape index (κ2) is 6.07. The Morgan fingerprint density at radius 1 is 1.21 bits per heavy atom. The van der Waals surface area contributed by atoms with Crippen LogP contribution in [0.25, 0.3) is 0 Å². The zero-order valence-corrected chi connectivity index (χ0v) is 12.8. The Kier molecular flexibility index (Phi) is 4.09. The first-order chi connectivity index (χ1) is 11.3. The van der Waals surface area contributed by atoms with Crippen LogP contribution in [0.2, 0.25) is 0 Å². The number of rotatable bonds is 2. The Labute approximate surface area is 136 Å².